The first kappa shape index (κ1) is 18.0. The summed E-state index contributed by atoms with van der Waals surface area (Å²) in [7, 11) is 0. The molecule has 1 saturated heterocycles. The van der Waals surface area contributed by atoms with Gasteiger partial charge >= 0.3 is 0 Å². The van der Waals surface area contributed by atoms with Crippen LogP contribution in [0.1, 0.15) is 23.6 Å². The Kier molecular flexibility index (Phi) is 5.70. The molecule has 140 valence electrons. The highest BCUT2D eigenvalue weighted by Gasteiger charge is 2.25. The molecule has 3 aromatic rings. The number of benzene rings is 1. The van der Waals surface area contributed by atoms with Gasteiger partial charge in [-0.1, -0.05) is 30.3 Å². The number of amides is 1. The average Bonchev–Trinajstić information content (AvgIpc) is 3.42. The quantitative estimate of drug-likeness (QED) is 0.650. The van der Waals surface area contributed by atoms with E-state index in [1.807, 2.05) is 29.4 Å². The Morgan fingerprint density at radius 1 is 0.963 bits per heavy atom. The molecule has 27 heavy (non-hydrogen) atoms. The van der Waals surface area contributed by atoms with Gasteiger partial charge in [-0.3, -0.25) is 9.69 Å². The summed E-state index contributed by atoms with van der Waals surface area (Å²) in [6.45, 7) is 4.46. The number of carbonyl (C=O) groups excluding carboxylic acids is 1. The van der Waals surface area contributed by atoms with E-state index >= 15 is 0 Å². The van der Waals surface area contributed by atoms with E-state index in [-0.39, 0.29) is 11.9 Å². The van der Waals surface area contributed by atoms with Crippen LogP contribution in [0.25, 0.3) is 0 Å². The Labute approximate surface area is 164 Å². The molecule has 4 rings (SSSR count). The van der Waals surface area contributed by atoms with Crippen molar-refractivity contribution in [3.05, 3.63) is 82.8 Å². The normalized spacial score (nSPS) is 16.4. The Hall–Kier alpha value is -2.37. The van der Waals surface area contributed by atoms with Crippen LogP contribution >= 0.6 is 11.3 Å². The van der Waals surface area contributed by atoms with Crippen molar-refractivity contribution in [2.24, 2.45) is 0 Å². The lowest BCUT2D eigenvalue weighted by atomic mass is 10.1. The third-order valence-corrected chi connectivity index (χ3v) is 5.96. The third kappa shape index (κ3) is 4.49. The van der Waals surface area contributed by atoms with E-state index in [2.05, 4.69) is 56.6 Å². The SMILES string of the molecule is O=C(C[C@H](c1ccsc1)n1cccc1)N1CCN(Cc2ccccc2)CC1. The lowest BCUT2D eigenvalue weighted by Gasteiger charge is -2.35. The molecule has 0 spiro atoms. The topological polar surface area (TPSA) is 28.5 Å². The summed E-state index contributed by atoms with van der Waals surface area (Å²) in [5.41, 5.74) is 2.55. The Balaban J connectivity index is 1.35. The van der Waals surface area contributed by atoms with Crippen LogP contribution in [0.2, 0.25) is 0 Å². The van der Waals surface area contributed by atoms with Crippen LogP contribution in [0.3, 0.4) is 0 Å². The van der Waals surface area contributed by atoms with Crippen molar-refractivity contribution < 1.29 is 4.79 Å². The number of hydrogen-bond acceptors (Lipinski definition) is 3. The van der Waals surface area contributed by atoms with E-state index in [0.717, 1.165) is 32.7 Å². The van der Waals surface area contributed by atoms with Crippen molar-refractivity contribution in [3.63, 3.8) is 0 Å². The summed E-state index contributed by atoms with van der Waals surface area (Å²) in [6, 6.07) is 16.8. The number of carbonyl (C=O) groups is 1. The van der Waals surface area contributed by atoms with E-state index in [1.165, 1.54) is 11.1 Å². The van der Waals surface area contributed by atoms with Crippen LogP contribution in [0.15, 0.2) is 71.7 Å². The average molecular weight is 380 g/mol. The molecule has 1 atom stereocenters. The first-order valence-electron chi connectivity index (χ1n) is 9.48. The standard InChI is InChI=1S/C22H25N3OS/c26-22(16-21(20-8-15-27-18-20)24-9-4-5-10-24)25-13-11-23(12-14-25)17-19-6-2-1-3-7-19/h1-10,15,18,21H,11-14,16-17H2/t21-/m1/s1. The second-order valence-electron chi connectivity index (χ2n) is 7.05. The van der Waals surface area contributed by atoms with Gasteiger partial charge in [-0.2, -0.15) is 11.3 Å². The fourth-order valence-electron chi connectivity index (χ4n) is 3.71. The van der Waals surface area contributed by atoms with E-state index < -0.39 is 0 Å². The van der Waals surface area contributed by atoms with Gasteiger partial charge in [-0.25, -0.2) is 0 Å². The molecule has 0 unspecified atom stereocenters. The molecule has 2 aromatic heterocycles. The molecular weight excluding hydrogens is 354 g/mol. The van der Waals surface area contributed by atoms with Gasteiger partial charge in [0.05, 0.1) is 12.5 Å². The maximum absolute atomic E-state index is 13.0. The van der Waals surface area contributed by atoms with E-state index in [0.29, 0.717) is 6.42 Å². The minimum absolute atomic E-state index is 0.0844. The molecule has 0 N–H and O–H groups in total. The van der Waals surface area contributed by atoms with Gasteiger partial charge < -0.3 is 9.47 Å². The van der Waals surface area contributed by atoms with Gasteiger partial charge in [-0.05, 0) is 40.1 Å². The maximum Gasteiger partial charge on any atom is 0.225 e. The van der Waals surface area contributed by atoms with Crippen LogP contribution in [-0.4, -0.2) is 46.5 Å². The van der Waals surface area contributed by atoms with Crippen LogP contribution in [-0.2, 0) is 11.3 Å². The third-order valence-electron chi connectivity index (χ3n) is 5.26. The summed E-state index contributed by atoms with van der Waals surface area (Å²) in [5.74, 6) is 0.249. The number of nitrogens with zero attached hydrogens (tertiary/aromatic N) is 3. The maximum atomic E-state index is 13.0. The second kappa shape index (κ2) is 8.55. The summed E-state index contributed by atoms with van der Waals surface area (Å²) in [6.07, 6.45) is 4.62. The molecule has 0 aliphatic carbocycles. The Bertz CT molecular complexity index is 788. The number of thiophene rings is 1. The molecule has 5 heteroatoms. The second-order valence-corrected chi connectivity index (χ2v) is 7.83. The van der Waals surface area contributed by atoms with Crippen molar-refractivity contribution in [2.45, 2.75) is 19.0 Å². The Morgan fingerprint density at radius 2 is 1.70 bits per heavy atom. The summed E-state index contributed by atoms with van der Waals surface area (Å²) in [5, 5.41) is 4.23. The van der Waals surface area contributed by atoms with Crippen LogP contribution in [0, 0.1) is 0 Å². The summed E-state index contributed by atoms with van der Waals surface area (Å²) >= 11 is 1.68. The number of hydrogen-bond donors (Lipinski definition) is 0. The lowest BCUT2D eigenvalue weighted by Crippen LogP contribution is -2.48. The molecule has 1 fully saturated rings. The Morgan fingerprint density at radius 3 is 2.37 bits per heavy atom. The zero-order chi connectivity index (χ0) is 18.5. The van der Waals surface area contributed by atoms with Crippen molar-refractivity contribution in [2.75, 3.05) is 26.2 Å². The molecule has 0 saturated carbocycles. The smallest absolute Gasteiger partial charge is 0.225 e. The zero-order valence-corrected chi connectivity index (χ0v) is 16.2. The monoisotopic (exact) mass is 379 g/mol. The number of piperazine rings is 1. The molecule has 1 amide bonds. The molecule has 0 radical (unpaired) electrons. The van der Waals surface area contributed by atoms with Crippen molar-refractivity contribution in [1.29, 1.82) is 0 Å². The van der Waals surface area contributed by atoms with Crippen LogP contribution in [0.5, 0.6) is 0 Å². The summed E-state index contributed by atoms with van der Waals surface area (Å²) in [4.78, 5) is 17.4. The first-order valence-corrected chi connectivity index (χ1v) is 10.4. The lowest BCUT2D eigenvalue weighted by molar-refractivity contribution is -0.133. The fourth-order valence-corrected chi connectivity index (χ4v) is 4.41. The molecule has 0 bridgehead atoms. The highest BCUT2D eigenvalue weighted by molar-refractivity contribution is 7.08. The molecule has 1 aliphatic heterocycles. The largest absolute Gasteiger partial charge is 0.346 e. The van der Waals surface area contributed by atoms with Gasteiger partial charge in [0, 0.05) is 45.1 Å². The fraction of sp³-hybridized carbons (Fsp3) is 0.318. The van der Waals surface area contributed by atoms with Crippen molar-refractivity contribution in [3.8, 4) is 0 Å². The van der Waals surface area contributed by atoms with Gasteiger partial charge in [0.1, 0.15) is 0 Å². The zero-order valence-electron chi connectivity index (χ0n) is 15.4. The molecule has 1 aromatic carbocycles. The van der Waals surface area contributed by atoms with E-state index in [1.54, 1.807) is 11.3 Å². The van der Waals surface area contributed by atoms with E-state index in [9.17, 15) is 4.79 Å². The van der Waals surface area contributed by atoms with Gasteiger partial charge in [0.25, 0.3) is 0 Å². The summed E-state index contributed by atoms with van der Waals surface area (Å²) < 4.78 is 2.14. The van der Waals surface area contributed by atoms with Crippen molar-refractivity contribution in [1.82, 2.24) is 14.4 Å². The van der Waals surface area contributed by atoms with E-state index in [4.69, 9.17) is 0 Å². The molecule has 1 aliphatic rings. The minimum Gasteiger partial charge on any atom is -0.346 e. The minimum atomic E-state index is 0.0844. The first-order chi connectivity index (χ1) is 13.3. The molecule has 3 heterocycles. The van der Waals surface area contributed by atoms with Gasteiger partial charge in [-0.15, -0.1) is 0 Å². The molecular formula is C22H25N3OS. The van der Waals surface area contributed by atoms with Crippen LogP contribution < -0.4 is 0 Å². The highest BCUT2D eigenvalue weighted by atomic mass is 32.1. The number of aromatic nitrogens is 1. The van der Waals surface area contributed by atoms with Gasteiger partial charge in [0.15, 0.2) is 0 Å². The van der Waals surface area contributed by atoms with Gasteiger partial charge in [0.2, 0.25) is 5.91 Å². The predicted molar refractivity (Wildman–Crippen MR) is 110 cm³/mol. The number of rotatable bonds is 6. The predicted octanol–water partition coefficient (Wildman–Crippen LogP) is 3.87. The molecule has 4 nitrogen and oxygen atoms in total. The highest BCUT2D eigenvalue weighted by Crippen LogP contribution is 2.25. The van der Waals surface area contributed by atoms with Crippen LogP contribution in [0.4, 0.5) is 0 Å². The van der Waals surface area contributed by atoms with Crippen molar-refractivity contribution >= 4 is 17.2 Å².